The normalized spacial score (nSPS) is 16.3. The number of fused-ring (bicyclic) bond motifs is 2. The minimum atomic E-state index is 0.289. The van der Waals surface area contributed by atoms with Crippen molar-refractivity contribution in [2.75, 3.05) is 33.0 Å². The Bertz CT molecular complexity index is 1040. The maximum absolute atomic E-state index is 12.7. The van der Waals surface area contributed by atoms with Crippen LogP contribution in [0.1, 0.15) is 24.0 Å². The third kappa shape index (κ3) is 4.00. The zero-order chi connectivity index (χ0) is 20.3. The van der Waals surface area contributed by atoms with Gasteiger partial charge in [-0.1, -0.05) is 18.2 Å². The quantitative estimate of drug-likeness (QED) is 0.660. The number of amides is 1. The summed E-state index contributed by atoms with van der Waals surface area (Å²) >= 11 is 0. The van der Waals surface area contributed by atoms with Gasteiger partial charge in [0.1, 0.15) is 6.54 Å². The van der Waals surface area contributed by atoms with Gasteiger partial charge < -0.3 is 24.3 Å². The number of nitrogens with zero attached hydrogens (tertiary/aromatic N) is 1. The fraction of sp³-hybridized carbons (Fsp3) is 0.375. The number of H-pyrrole nitrogens is 1. The van der Waals surface area contributed by atoms with E-state index >= 15 is 0 Å². The van der Waals surface area contributed by atoms with E-state index in [9.17, 15) is 4.79 Å². The molecule has 30 heavy (non-hydrogen) atoms. The van der Waals surface area contributed by atoms with Gasteiger partial charge in [0.05, 0.1) is 26.2 Å². The summed E-state index contributed by atoms with van der Waals surface area (Å²) in [6.45, 7) is 4.93. The van der Waals surface area contributed by atoms with Gasteiger partial charge in [-0.25, -0.2) is 0 Å². The molecule has 1 fully saturated rings. The molecule has 0 radical (unpaired) electrons. The molecule has 0 saturated carbocycles. The number of aromatic amines is 1. The molecule has 6 nitrogen and oxygen atoms in total. The Morgan fingerprint density at radius 2 is 1.90 bits per heavy atom. The van der Waals surface area contributed by atoms with Crippen LogP contribution in [0.2, 0.25) is 0 Å². The summed E-state index contributed by atoms with van der Waals surface area (Å²) in [5, 5.41) is 1.27. The molecule has 0 unspecified atom stereocenters. The van der Waals surface area contributed by atoms with Crippen molar-refractivity contribution < 1.29 is 19.2 Å². The second kappa shape index (κ2) is 8.40. The summed E-state index contributed by atoms with van der Waals surface area (Å²) in [5.41, 5.74) is 3.73. The summed E-state index contributed by atoms with van der Waals surface area (Å²) < 4.78 is 10.9. The van der Waals surface area contributed by atoms with Crippen molar-refractivity contribution in [1.82, 2.24) is 9.88 Å². The maximum Gasteiger partial charge on any atom is 0.231 e. The summed E-state index contributed by atoms with van der Waals surface area (Å²) in [6, 6.07) is 14.5. The van der Waals surface area contributed by atoms with E-state index in [1.54, 1.807) is 0 Å². The Hall–Kier alpha value is -2.99. The van der Waals surface area contributed by atoms with Gasteiger partial charge in [-0.05, 0) is 42.7 Å². The second-order valence-corrected chi connectivity index (χ2v) is 8.21. The Labute approximate surface area is 176 Å². The number of hydrogen-bond donors (Lipinski definition) is 2. The van der Waals surface area contributed by atoms with Crippen molar-refractivity contribution in [3.63, 3.8) is 0 Å². The first kappa shape index (κ1) is 19.0. The van der Waals surface area contributed by atoms with Crippen LogP contribution in [-0.2, 0) is 17.8 Å². The maximum atomic E-state index is 12.7. The van der Waals surface area contributed by atoms with Crippen molar-refractivity contribution >= 4 is 16.8 Å². The number of carbonyl (C=O) groups is 1. The fourth-order valence-electron chi connectivity index (χ4n) is 4.52. The monoisotopic (exact) mass is 406 g/mol. The molecule has 3 aromatic rings. The minimum Gasteiger partial charge on any atom is -0.454 e. The van der Waals surface area contributed by atoms with Crippen LogP contribution in [0.15, 0.2) is 48.7 Å². The Balaban J connectivity index is 1.07. The fourth-order valence-corrected chi connectivity index (χ4v) is 4.52. The van der Waals surface area contributed by atoms with Gasteiger partial charge in [-0.3, -0.25) is 4.79 Å². The van der Waals surface area contributed by atoms with E-state index in [0.29, 0.717) is 13.2 Å². The van der Waals surface area contributed by atoms with Crippen LogP contribution in [0, 0.1) is 0 Å². The Morgan fingerprint density at radius 3 is 2.80 bits per heavy atom. The lowest BCUT2D eigenvalue weighted by Crippen LogP contribution is -3.13. The van der Waals surface area contributed by atoms with E-state index < -0.39 is 0 Å². The van der Waals surface area contributed by atoms with Crippen molar-refractivity contribution in [3.05, 3.63) is 59.8 Å². The van der Waals surface area contributed by atoms with E-state index in [4.69, 9.17) is 9.47 Å². The van der Waals surface area contributed by atoms with E-state index in [-0.39, 0.29) is 5.91 Å². The summed E-state index contributed by atoms with van der Waals surface area (Å²) in [7, 11) is 0. The van der Waals surface area contributed by atoms with Crippen LogP contribution in [-0.4, -0.2) is 48.8 Å². The van der Waals surface area contributed by atoms with Crippen molar-refractivity contribution in [2.45, 2.75) is 25.8 Å². The molecule has 156 valence electrons. The molecule has 0 atom stereocenters. The molecule has 1 amide bonds. The zero-order valence-electron chi connectivity index (χ0n) is 17.2. The Morgan fingerprint density at radius 1 is 1.07 bits per heavy atom. The number of para-hydroxylation sites is 1. The lowest BCUT2D eigenvalue weighted by Gasteiger charge is -2.32. The minimum absolute atomic E-state index is 0.289. The summed E-state index contributed by atoms with van der Waals surface area (Å²) in [4.78, 5) is 19.5. The first-order valence-electron chi connectivity index (χ1n) is 10.8. The van der Waals surface area contributed by atoms with Crippen LogP contribution >= 0.6 is 0 Å². The van der Waals surface area contributed by atoms with Gasteiger partial charge in [-0.2, -0.15) is 0 Å². The van der Waals surface area contributed by atoms with Gasteiger partial charge in [0.2, 0.25) is 12.7 Å². The van der Waals surface area contributed by atoms with Crippen LogP contribution in [0.5, 0.6) is 11.5 Å². The predicted octanol–water partition coefficient (Wildman–Crippen LogP) is 2.15. The summed E-state index contributed by atoms with van der Waals surface area (Å²) in [6.07, 6.45) is 4.53. The largest absolute Gasteiger partial charge is 0.454 e. The molecule has 0 aliphatic carbocycles. The molecule has 2 aliphatic heterocycles. The second-order valence-electron chi connectivity index (χ2n) is 8.21. The number of quaternary nitrogens is 1. The van der Waals surface area contributed by atoms with E-state index in [0.717, 1.165) is 57.1 Å². The Kier molecular flexibility index (Phi) is 5.32. The zero-order valence-corrected chi connectivity index (χ0v) is 17.2. The number of nitrogens with one attached hydrogen (secondary N) is 2. The highest BCUT2D eigenvalue weighted by Crippen LogP contribution is 2.32. The van der Waals surface area contributed by atoms with Crippen LogP contribution in [0.3, 0.4) is 0 Å². The molecule has 2 aliphatic rings. The smallest absolute Gasteiger partial charge is 0.231 e. The molecule has 1 saturated heterocycles. The van der Waals surface area contributed by atoms with Crippen LogP contribution < -0.4 is 14.4 Å². The molecule has 5 rings (SSSR count). The number of ether oxygens (including phenoxy) is 2. The van der Waals surface area contributed by atoms with Gasteiger partial charge in [0.25, 0.3) is 0 Å². The average Bonchev–Trinajstić information content (AvgIpc) is 3.41. The molecule has 0 spiro atoms. The van der Waals surface area contributed by atoms with E-state index in [1.165, 1.54) is 26.9 Å². The highest BCUT2D eigenvalue weighted by Gasteiger charge is 2.24. The third-order valence-corrected chi connectivity index (χ3v) is 6.23. The molecule has 6 heteroatoms. The average molecular weight is 407 g/mol. The molecule has 2 N–H and O–H groups in total. The van der Waals surface area contributed by atoms with E-state index in [1.807, 2.05) is 17.0 Å². The number of rotatable bonds is 6. The van der Waals surface area contributed by atoms with Crippen LogP contribution in [0.25, 0.3) is 10.9 Å². The lowest BCUT2D eigenvalue weighted by atomic mass is 10.1. The SMILES string of the molecule is O=C(CCCc1c[nH]c2ccccc12)N1CC[NH+](Cc2ccc3c(c2)OCO3)CC1. The lowest BCUT2D eigenvalue weighted by molar-refractivity contribution is -0.917. The number of aryl methyl sites for hydroxylation is 1. The van der Waals surface area contributed by atoms with Crippen molar-refractivity contribution in [2.24, 2.45) is 0 Å². The summed E-state index contributed by atoms with van der Waals surface area (Å²) in [5.74, 6) is 1.96. The van der Waals surface area contributed by atoms with E-state index in [2.05, 4.69) is 41.5 Å². The topological polar surface area (TPSA) is 59.0 Å². The first-order chi connectivity index (χ1) is 14.8. The molecule has 1 aromatic heterocycles. The number of carbonyl (C=O) groups excluding carboxylic acids is 1. The van der Waals surface area contributed by atoms with Crippen molar-refractivity contribution in [3.8, 4) is 11.5 Å². The number of benzene rings is 2. The highest BCUT2D eigenvalue weighted by molar-refractivity contribution is 5.83. The molecule has 3 heterocycles. The van der Waals surface area contributed by atoms with Crippen LogP contribution in [0.4, 0.5) is 0 Å². The molecular formula is C24H28N3O3+. The standard InChI is InChI=1S/C24H27N3O3/c28-24(7-3-4-19-15-25-21-6-2-1-5-20(19)21)27-12-10-26(11-13-27)16-18-8-9-22-23(14-18)30-17-29-22/h1-2,5-6,8-9,14-15,25H,3-4,7,10-13,16-17H2/p+1. The van der Waals surface area contributed by atoms with Crippen molar-refractivity contribution in [1.29, 1.82) is 0 Å². The van der Waals surface area contributed by atoms with Gasteiger partial charge in [0.15, 0.2) is 11.5 Å². The highest BCUT2D eigenvalue weighted by atomic mass is 16.7. The molecule has 2 aromatic carbocycles. The first-order valence-corrected chi connectivity index (χ1v) is 10.8. The molecular weight excluding hydrogens is 378 g/mol. The third-order valence-electron chi connectivity index (χ3n) is 6.23. The number of hydrogen-bond acceptors (Lipinski definition) is 3. The number of aromatic nitrogens is 1. The number of piperazine rings is 1. The van der Waals surface area contributed by atoms with Gasteiger partial charge >= 0.3 is 0 Å². The molecule has 0 bridgehead atoms. The van der Waals surface area contributed by atoms with Gasteiger partial charge in [-0.15, -0.1) is 0 Å². The van der Waals surface area contributed by atoms with Gasteiger partial charge in [0, 0.05) is 29.1 Å². The predicted molar refractivity (Wildman–Crippen MR) is 115 cm³/mol.